The highest BCUT2D eigenvalue weighted by Gasteiger charge is 1.94. The molecule has 0 aliphatic heterocycles. The minimum Gasteiger partial charge on any atom is -0.375 e. The van der Waals surface area contributed by atoms with Crippen LogP contribution in [0, 0.1) is 0 Å². The van der Waals surface area contributed by atoms with Crippen LogP contribution in [0.2, 0.25) is 5.02 Å². The van der Waals surface area contributed by atoms with Gasteiger partial charge in [0.1, 0.15) is 0 Å². The minimum absolute atomic E-state index is 0.633. The van der Waals surface area contributed by atoms with Crippen LogP contribution in [-0.4, -0.2) is 19.7 Å². The van der Waals surface area contributed by atoms with E-state index in [-0.39, 0.29) is 0 Å². The van der Waals surface area contributed by atoms with Crippen molar-refractivity contribution in [2.45, 2.75) is 20.0 Å². The molecule has 2 nitrogen and oxygen atoms in total. The zero-order valence-corrected chi connectivity index (χ0v) is 9.89. The van der Waals surface area contributed by atoms with Crippen molar-refractivity contribution in [1.29, 1.82) is 0 Å². The number of rotatable bonds is 7. The molecule has 0 radical (unpaired) electrons. The first-order valence-corrected chi connectivity index (χ1v) is 5.73. The number of nitrogens with one attached hydrogen (secondary N) is 1. The third-order valence-corrected chi connectivity index (χ3v) is 2.24. The molecule has 0 bridgehead atoms. The van der Waals surface area contributed by atoms with Crippen molar-refractivity contribution in [3.05, 3.63) is 34.9 Å². The second kappa shape index (κ2) is 7.69. The van der Waals surface area contributed by atoms with E-state index in [2.05, 4.69) is 12.2 Å². The van der Waals surface area contributed by atoms with Gasteiger partial charge in [-0.1, -0.05) is 30.7 Å². The van der Waals surface area contributed by atoms with Gasteiger partial charge in [0, 0.05) is 11.6 Å². The number of benzene rings is 1. The van der Waals surface area contributed by atoms with Crippen LogP contribution < -0.4 is 5.32 Å². The maximum Gasteiger partial charge on any atom is 0.0718 e. The summed E-state index contributed by atoms with van der Waals surface area (Å²) < 4.78 is 5.50. The van der Waals surface area contributed by atoms with Gasteiger partial charge in [-0.25, -0.2) is 0 Å². The molecule has 0 fully saturated rings. The molecule has 84 valence electrons. The SMILES string of the molecule is CCCNCCOCc1cccc(Cl)c1. The maximum absolute atomic E-state index is 5.86. The lowest BCUT2D eigenvalue weighted by molar-refractivity contribution is 0.123. The molecule has 0 heterocycles. The summed E-state index contributed by atoms with van der Waals surface area (Å²) >= 11 is 5.86. The third-order valence-electron chi connectivity index (χ3n) is 2.01. The Labute approximate surface area is 96.6 Å². The second-order valence-electron chi connectivity index (χ2n) is 3.43. The van der Waals surface area contributed by atoms with Crippen LogP contribution in [0.15, 0.2) is 24.3 Å². The summed E-state index contributed by atoms with van der Waals surface area (Å²) in [6.45, 7) is 5.50. The first kappa shape index (κ1) is 12.5. The molecule has 0 saturated carbocycles. The van der Waals surface area contributed by atoms with Gasteiger partial charge in [0.05, 0.1) is 13.2 Å². The van der Waals surface area contributed by atoms with Crippen LogP contribution >= 0.6 is 11.6 Å². The monoisotopic (exact) mass is 227 g/mol. The summed E-state index contributed by atoms with van der Waals surface area (Å²) in [4.78, 5) is 0. The van der Waals surface area contributed by atoms with Crippen molar-refractivity contribution in [2.24, 2.45) is 0 Å². The van der Waals surface area contributed by atoms with Gasteiger partial charge in [0.15, 0.2) is 0 Å². The number of halogens is 1. The van der Waals surface area contributed by atoms with Crippen LogP contribution in [0.25, 0.3) is 0 Å². The molecule has 1 N–H and O–H groups in total. The van der Waals surface area contributed by atoms with Gasteiger partial charge in [0.25, 0.3) is 0 Å². The molecule has 1 aromatic carbocycles. The Hall–Kier alpha value is -0.570. The molecule has 0 aliphatic carbocycles. The third kappa shape index (κ3) is 5.78. The van der Waals surface area contributed by atoms with E-state index >= 15 is 0 Å². The molecule has 1 aromatic rings. The van der Waals surface area contributed by atoms with Crippen molar-refractivity contribution in [2.75, 3.05) is 19.7 Å². The lowest BCUT2D eigenvalue weighted by atomic mass is 10.2. The van der Waals surface area contributed by atoms with E-state index < -0.39 is 0 Å². The fourth-order valence-corrected chi connectivity index (χ4v) is 1.48. The molecular formula is C12H18ClNO. The highest BCUT2D eigenvalue weighted by Crippen LogP contribution is 2.11. The summed E-state index contributed by atoms with van der Waals surface area (Å²) in [5, 5.41) is 4.05. The van der Waals surface area contributed by atoms with Crippen molar-refractivity contribution in [3.63, 3.8) is 0 Å². The molecule has 0 aliphatic rings. The first-order chi connectivity index (χ1) is 7.33. The number of ether oxygens (including phenoxy) is 1. The summed E-state index contributed by atoms with van der Waals surface area (Å²) in [5.41, 5.74) is 1.12. The normalized spacial score (nSPS) is 10.5. The average molecular weight is 228 g/mol. The van der Waals surface area contributed by atoms with Gasteiger partial charge in [-0.2, -0.15) is 0 Å². The van der Waals surface area contributed by atoms with E-state index in [1.165, 1.54) is 0 Å². The molecule has 1 rings (SSSR count). The molecule has 0 spiro atoms. The Morgan fingerprint density at radius 3 is 2.93 bits per heavy atom. The van der Waals surface area contributed by atoms with Gasteiger partial charge in [-0.05, 0) is 30.7 Å². The standard InChI is InChI=1S/C12H18ClNO/c1-2-6-14-7-8-15-10-11-4-3-5-12(13)9-11/h3-5,9,14H,2,6-8,10H2,1H3. The van der Waals surface area contributed by atoms with Crippen LogP contribution in [0.3, 0.4) is 0 Å². The van der Waals surface area contributed by atoms with Gasteiger partial charge in [0.2, 0.25) is 0 Å². The van der Waals surface area contributed by atoms with Crippen molar-refractivity contribution < 1.29 is 4.74 Å². The molecule has 0 atom stereocenters. The maximum atomic E-state index is 5.86. The Morgan fingerprint density at radius 1 is 1.33 bits per heavy atom. The quantitative estimate of drug-likeness (QED) is 0.724. The molecule has 0 saturated heterocycles. The van der Waals surface area contributed by atoms with Crippen molar-refractivity contribution >= 4 is 11.6 Å². The van der Waals surface area contributed by atoms with Gasteiger partial charge in [-0.3, -0.25) is 0 Å². The highest BCUT2D eigenvalue weighted by molar-refractivity contribution is 6.30. The van der Waals surface area contributed by atoms with E-state index in [0.29, 0.717) is 6.61 Å². The summed E-state index contributed by atoms with van der Waals surface area (Å²) in [7, 11) is 0. The Kier molecular flexibility index (Phi) is 6.41. The smallest absolute Gasteiger partial charge is 0.0718 e. The number of hydrogen-bond acceptors (Lipinski definition) is 2. The molecule has 0 amide bonds. The molecule has 3 heteroatoms. The van der Waals surface area contributed by atoms with E-state index in [1.807, 2.05) is 24.3 Å². The van der Waals surface area contributed by atoms with E-state index in [0.717, 1.165) is 36.7 Å². The van der Waals surface area contributed by atoms with Gasteiger partial charge < -0.3 is 10.1 Å². The second-order valence-corrected chi connectivity index (χ2v) is 3.87. The Morgan fingerprint density at radius 2 is 2.20 bits per heavy atom. The Bertz CT molecular complexity index is 278. The van der Waals surface area contributed by atoms with Gasteiger partial charge >= 0.3 is 0 Å². The zero-order valence-electron chi connectivity index (χ0n) is 9.13. The van der Waals surface area contributed by atoms with E-state index in [9.17, 15) is 0 Å². The predicted octanol–water partition coefficient (Wildman–Crippen LogP) is 2.86. The van der Waals surface area contributed by atoms with E-state index in [1.54, 1.807) is 0 Å². The van der Waals surface area contributed by atoms with Gasteiger partial charge in [-0.15, -0.1) is 0 Å². The zero-order chi connectivity index (χ0) is 10.9. The van der Waals surface area contributed by atoms with Crippen LogP contribution in [-0.2, 0) is 11.3 Å². The predicted molar refractivity (Wildman–Crippen MR) is 64.3 cm³/mol. The summed E-state index contributed by atoms with van der Waals surface area (Å²) in [5.74, 6) is 0. The van der Waals surface area contributed by atoms with Crippen LogP contribution in [0.1, 0.15) is 18.9 Å². The molecule has 0 unspecified atom stereocenters. The molecule has 15 heavy (non-hydrogen) atoms. The number of hydrogen-bond donors (Lipinski definition) is 1. The van der Waals surface area contributed by atoms with Crippen LogP contribution in [0.5, 0.6) is 0 Å². The minimum atomic E-state index is 0.633. The fraction of sp³-hybridized carbons (Fsp3) is 0.500. The molecular weight excluding hydrogens is 210 g/mol. The lowest BCUT2D eigenvalue weighted by Crippen LogP contribution is -2.20. The van der Waals surface area contributed by atoms with Crippen molar-refractivity contribution in [1.82, 2.24) is 5.32 Å². The topological polar surface area (TPSA) is 21.3 Å². The summed E-state index contributed by atoms with van der Waals surface area (Å²) in [6.07, 6.45) is 1.16. The average Bonchev–Trinajstić information content (AvgIpc) is 2.23. The largest absolute Gasteiger partial charge is 0.375 e. The first-order valence-electron chi connectivity index (χ1n) is 5.36. The highest BCUT2D eigenvalue weighted by atomic mass is 35.5. The van der Waals surface area contributed by atoms with Crippen molar-refractivity contribution in [3.8, 4) is 0 Å². The van der Waals surface area contributed by atoms with Crippen LogP contribution in [0.4, 0.5) is 0 Å². The summed E-state index contributed by atoms with van der Waals surface area (Å²) in [6, 6.07) is 7.76. The Balaban J connectivity index is 2.10. The van der Waals surface area contributed by atoms with E-state index in [4.69, 9.17) is 16.3 Å². The fourth-order valence-electron chi connectivity index (χ4n) is 1.26. The molecule has 0 aromatic heterocycles. The lowest BCUT2D eigenvalue weighted by Gasteiger charge is -2.05.